The molecule has 1 aromatic heterocycles. The zero-order chi connectivity index (χ0) is 12.4. The summed E-state index contributed by atoms with van der Waals surface area (Å²) in [4.78, 5) is 15.5. The lowest BCUT2D eigenvalue weighted by Gasteiger charge is -2.03. The zero-order valence-electron chi connectivity index (χ0n) is 9.71. The van der Waals surface area contributed by atoms with Crippen molar-refractivity contribution in [3.8, 4) is 11.4 Å². The van der Waals surface area contributed by atoms with Crippen molar-refractivity contribution in [1.29, 1.82) is 0 Å². The molecule has 5 nitrogen and oxygen atoms in total. The van der Waals surface area contributed by atoms with Gasteiger partial charge in [0.1, 0.15) is 0 Å². The minimum atomic E-state index is -0.957. The normalized spacial score (nSPS) is 10.5. The first-order valence-corrected chi connectivity index (χ1v) is 5.36. The van der Waals surface area contributed by atoms with Crippen LogP contribution in [0, 0.1) is 0 Å². The van der Waals surface area contributed by atoms with Crippen molar-refractivity contribution >= 4 is 5.97 Å². The number of aromatic nitrogens is 3. The maximum Gasteiger partial charge on any atom is 0.336 e. The molecule has 1 N–H and O–H groups in total. The van der Waals surface area contributed by atoms with Gasteiger partial charge < -0.3 is 5.11 Å². The lowest BCUT2D eigenvalue weighted by atomic mass is 10.1. The Morgan fingerprint density at radius 3 is 2.71 bits per heavy atom. The van der Waals surface area contributed by atoms with E-state index in [0.717, 1.165) is 6.42 Å². The molecule has 0 aliphatic carbocycles. The lowest BCUT2D eigenvalue weighted by molar-refractivity contribution is 0.0697. The highest BCUT2D eigenvalue weighted by molar-refractivity contribution is 5.94. The third-order valence-electron chi connectivity index (χ3n) is 2.52. The fourth-order valence-electron chi connectivity index (χ4n) is 1.69. The molecule has 0 saturated carbocycles. The molecule has 17 heavy (non-hydrogen) atoms. The Hall–Kier alpha value is -2.17. The topological polar surface area (TPSA) is 68.0 Å². The van der Waals surface area contributed by atoms with Gasteiger partial charge in [0.2, 0.25) is 0 Å². The number of aryl methyl sites for hydroxylation is 2. The van der Waals surface area contributed by atoms with E-state index < -0.39 is 5.97 Å². The van der Waals surface area contributed by atoms with E-state index in [-0.39, 0.29) is 5.56 Å². The molecule has 2 rings (SSSR count). The van der Waals surface area contributed by atoms with Crippen LogP contribution in [0.1, 0.15) is 23.1 Å². The number of hydrogen-bond donors (Lipinski definition) is 1. The Labute approximate surface area is 98.7 Å². The molecule has 5 heteroatoms. The minimum Gasteiger partial charge on any atom is -0.478 e. The van der Waals surface area contributed by atoms with Gasteiger partial charge in [-0.2, -0.15) is 5.10 Å². The van der Waals surface area contributed by atoms with Crippen molar-refractivity contribution in [3.05, 3.63) is 35.7 Å². The van der Waals surface area contributed by atoms with Gasteiger partial charge in [-0.15, -0.1) is 0 Å². The predicted octanol–water partition coefficient (Wildman–Crippen LogP) is 1.74. The fourth-order valence-corrected chi connectivity index (χ4v) is 1.69. The Balaban J connectivity index is 2.59. The van der Waals surface area contributed by atoms with Crippen LogP contribution in [-0.4, -0.2) is 25.8 Å². The van der Waals surface area contributed by atoms with Crippen LogP contribution in [0.15, 0.2) is 24.3 Å². The highest BCUT2D eigenvalue weighted by Crippen LogP contribution is 2.21. The van der Waals surface area contributed by atoms with Gasteiger partial charge in [-0.1, -0.05) is 25.1 Å². The highest BCUT2D eigenvalue weighted by Gasteiger charge is 2.15. The summed E-state index contributed by atoms with van der Waals surface area (Å²) >= 11 is 0. The summed E-state index contributed by atoms with van der Waals surface area (Å²) in [6.45, 7) is 1.96. The molecule has 0 unspecified atom stereocenters. The van der Waals surface area contributed by atoms with E-state index >= 15 is 0 Å². The van der Waals surface area contributed by atoms with E-state index in [2.05, 4.69) is 10.1 Å². The zero-order valence-corrected chi connectivity index (χ0v) is 9.71. The third-order valence-corrected chi connectivity index (χ3v) is 2.52. The maximum absolute atomic E-state index is 11.1. The quantitative estimate of drug-likeness (QED) is 0.873. The second-order valence-electron chi connectivity index (χ2n) is 3.68. The van der Waals surface area contributed by atoms with Crippen LogP contribution < -0.4 is 0 Å². The first-order chi connectivity index (χ1) is 8.13. The predicted molar refractivity (Wildman–Crippen MR) is 62.8 cm³/mol. The fraction of sp³-hybridized carbons (Fsp3) is 0.250. The van der Waals surface area contributed by atoms with Crippen molar-refractivity contribution < 1.29 is 9.90 Å². The summed E-state index contributed by atoms with van der Waals surface area (Å²) in [6, 6.07) is 6.80. The molecule has 0 bridgehead atoms. The van der Waals surface area contributed by atoms with Crippen LogP contribution in [0.2, 0.25) is 0 Å². The van der Waals surface area contributed by atoms with Gasteiger partial charge in [-0.25, -0.2) is 14.5 Å². The molecule has 0 aliphatic rings. The van der Waals surface area contributed by atoms with Crippen LogP contribution in [0.25, 0.3) is 11.4 Å². The standard InChI is InChI=1S/C12H13N3O2/c1-3-10-13-11(15(2)14-10)8-6-4-5-7-9(8)12(16)17/h4-7H,3H2,1-2H3,(H,16,17). The minimum absolute atomic E-state index is 0.241. The van der Waals surface area contributed by atoms with E-state index in [1.165, 1.54) is 0 Å². The molecule has 0 spiro atoms. The van der Waals surface area contributed by atoms with Gasteiger partial charge in [0.15, 0.2) is 11.6 Å². The second kappa shape index (κ2) is 4.37. The Kier molecular flexibility index (Phi) is 2.91. The largest absolute Gasteiger partial charge is 0.478 e. The van der Waals surface area contributed by atoms with Crippen molar-refractivity contribution in [1.82, 2.24) is 14.8 Å². The van der Waals surface area contributed by atoms with Gasteiger partial charge in [0.05, 0.1) is 5.56 Å². The lowest BCUT2D eigenvalue weighted by Crippen LogP contribution is -2.02. The highest BCUT2D eigenvalue weighted by atomic mass is 16.4. The number of carboxylic acid groups (broad SMARTS) is 1. The number of benzene rings is 1. The molecule has 1 heterocycles. The van der Waals surface area contributed by atoms with Crippen molar-refractivity contribution in [3.63, 3.8) is 0 Å². The number of carbonyl (C=O) groups is 1. The summed E-state index contributed by atoms with van der Waals surface area (Å²) in [5.74, 6) is 0.337. The molecule has 1 aromatic carbocycles. The average Bonchev–Trinajstić information content (AvgIpc) is 2.70. The molecule has 0 saturated heterocycles. The van der Waals surface area contributed by atoms with Gasteiger partial charge in [0.25, 0.3) is 0 Å². The van der Waals surface area contributed by atoms with Gasteiger partial charge in [-0.3, -0.25) is 0 Å². The van der Waals surface area contributed by atoms with Crippen LogP contribution in [0.3, 0.4) is 0 Å². The summed E-state index contributed by atoms with van der Waals surface area (Å²) < 4.78 is 1.61. The molecular weight excluding hydrogens is 218 g/mol. The number of nitrogens with zero attached hydrogens (tertiary/aromatic N) is 3. The molecule has 0 atom stereocenters. The summed E-state index contributed by atoms with van der Waals surface area (Å²) in [5.41, 5.74) is 0.834. The molecule has 0 aliphatic heterocycles. The smallest absolute Gasteiger partial charge is 0.336 e. The molecular formula is C12H13N3O2. The Morgan fingerprint density at radius 2 is 2.12 bits per heavy atom. The van der Waals surface area contributed by atoms with Crippen molar-refractivity contribution in [2.24, 2.45) is 7.05 Å². The van der Waals surface area contributed by atoms with Crippen LogP contribution >= 0.6 is 0 Å². The Morgan fingerprint density at radius 1 is 1.41 bits per heavy atom. The van der Waals surface area contributed by atoms with E-state index in [4.69, 9.17) is 5.11 Å². The number of carboxylic acids is 1. The molecule has 88 valence electrons. The number of rotatable bonds is 3. The first-order valence-electron chi connectivity index (χ1n) is 5.36. The average molecular weight is 231 g/mol. The third kappa shape index (κ3) is 2.04. The summed E-state index contributed by atoms with van der Waals surface area (Å²) in [6.07, 6.45) is 0.725. The van der Waals surface area contributed by atoms with E-state index in [1.807, 2.05) is 6.92 Å². The van der Waals surface area contributed by atoms with E-state index in [9.17, 15) is 4.79 Å². The monoisotopic (exact) mass is 231 g/mol. The maximum atomic E-state index is 11.1. The van der Waals surface area contributed by atoms with Crippen LogP contribution in [0.5, 0.6) is 0 Å². The summed E-state index contributed by atoms with van der Waals surface area (Å²) in [5, 5.41) is 13.3. The van der Waals surface area contributed by atoms with Gasteiger partial charge in [-0.05, 0) is 6.07 Å². The second-order valence-corrected chi connectivity index (χ2v) is 3.68. The molecule has 0 amide bonds. The molecule has 2 aromatic rings. The Bertz CT molecular complexity index is 561. The van der Waals surface area contributed by atoms with Crippen LogP contribution in [0.4, 0.5) is 0 Å². The van der Waals surface area contributed by atoms with E-state index in [0.29, 0.717) is 17.2 Å². The molecule has 0 radical (unpaired) electrons. The van der Waals surface area contributed by atoms with Crippen molar-refractivity contribution in [2.45, 2.75) is 13.3 Å². The number of aromatic carboxylic acids is 1. The first kappa shape index (κ1) is 11.3. The SMILES string of the molecule is CCc1nc(-c2ccccc2C(=O)O)n(C)n1. The number of hydrogen-bond acceptors (Lipinski definition) is 3. The summed E-state index contributed by atoms with van der Waals surface area (Å²) in [7, 11) is 1.76. The van der Waals surface area contributed by atoms with Crippen molar-refractivity contribution in [2.75, 3.05) is 0 Å². The van der Waals surface area contributed by atoms with E-state index in [1.54, 1.807) is 36.0 Å². The van der Waals surface area contributed by atoms with Gasteiger partial charge in [0, 0.05) is 19.0 Å². The molecule has 0 fully saturated rings. The van der Waals surface area contributed by atoms with Gasteiger partial charge >= 0.3 is 5.97 Å². The van der Waals surface area contributed by atoms with Crippen LogP contribution in [-0.2, 0) is 13.5 Å².